The molecule has 1 aromatic heterocycles. The van der Waals surface area contributed by atoms with Gasteiger partial charge in [0.1, 0.15) is 42.7 Å². The van der Waals surface area contributed by atoms with Gasteiger partial charge in [-0.2, -0.15) is 0 Å². The molecule has 7 N–H and O–H groups in total. The van der Waals surface area contributed by atoms with Crippen molar-refractivity contribution >= 4 is 21.6 Å². The van der Waals surface area contributed by atoms with Crippen molar-refractivity contribution in [3.8, 4) is 0 Å². The molecule has 7 unspecified atom stereocenters. The molecule has 2 aliphatic heterocycles. The number of H-pyrrole nitrogens is 1. The number of carbonyl (C=O) groups is 1. The van der Waals surface area contributed by atoms with E-state index in [-0.39, 0.29) is 0 Å². The monoisotopic (exact) mass is 619 g/mol. The summed E-state index contributed by atoms with van der Waals surface area (Å²) in [5, 5.41) is 52.0. The zero-order valence-corrected chi connectivity index (χ0v) is 22.2. The van der Waals surface area contributed by atoms with Gasteiger partial charge in [0.2, 0.25) is 5.91 Å². The number of nitrogens with one attached hydrogen (secondary N) is 2. The highest BCUT2D eigenvalue weighted by Crippen LogP contribution is 2.56. The van der Waals surface area contributed by atoms with Gasteiger partial charge in [0, 0.05) is 19.2 Å². The lowest BCUT2D eigenvalue weighted by atomic mass is 9.93. The molecule has 11 atom stereocenters. The summed E-state index contributed by atoms with van der Waals surface area (Å²) in [6.07, 6.45) is -12.2. The van der Waals surface area contributed by atoms with E-state index in [1.165, 1.54) is 0 Å². The zero-order chi connectivity index (χ0) is 30.0. The zero-order valence-electron chi connectivity index (χ0n) is 20.4. The predicted octanol–water partition coefficient (Wildman–Crippen LogP) is -5.87. The molecular weight excluding hydrogens is 592 g/mol. The van der Waals surface area contributed by atoms with Crippen LogP contribution in [0, 0.1) is 0 Å². The van der Waals surface area contributed by atoms with Crippen molar-refractivity contribution in [1.29, 1.82) is 0 Å². The van der Waals surface area contributed by atoms with Gasteiger partial charge in [0.25, 0.3) is 21.2 Å². The van der Waals surface area contributed by atoms with Gasteiger partial charge >= 0.3 is 5.69 Å². The molecule has 40 heavy (non-hydrogen) atoms. The summed E-state index contributed by atoms with van der Waals surface area (Å²) in [5.74, 6) is -0.708. The molecule has 0 bridgehead atoms. The summed E-state index contributed by atoms with van der Waals surface area (Å²) in [6, 6.07) is -0.510. The number of ether oxygens (including phenoxy) is 2. The van der Waals surface area contributed by atoms with Gasteiger partial charge in [0.15, 0.2) is 6.23 Å². The molecule has 0 spiro atoms. The first-order chi connectivity index (χ1) is 18.5. The number of aromatic amines is 1. The Morgan fingerprint density at radius 1 is 1.00 bits per heavy atom. The molecule has 3 rings (SSSR count). The van der Waals surface area contributed by atoms with Crippen molar-refractivity contribution in [3.63, 3.8) is 0 Å². The fourth-order valence-corrected chi connectivity index (χ4v) is 5.99. The minimum absolute atomic E-state index is 0.708. The molecule has 0 saturated carbocycles. The van der Waals surface area contributed by atoms with Crippen LogP contribution in [0.3, 0.4) is 0 Å². The highest BCUT2D eigenvalue weighted by atomic mass is 31.3. The van der Waals surface area contributed by atoms with Crippen LogP contribution in [-0.2, 0) is 36.8 Å². The molecule has 22 heteroatoms. The third-order valence-corrected chi connectivity index (χ3v) is 8.39. The Labute approximate surface area is 223 Å². The number of phosphoric ester groups is 2. The molecule has 228 valence electrons. The van der Waals surface area contributed by atoms with Crippen LogP contribution in [0.15, 0.2) is 21.9 Å². The summed E-state index contributed by atoms with van der Waals surface area (Å²) >= 11 is 0. The van der Waals surface area contributed by atoms with Crippen LogP contribution in [0.5, 0.6) is 0 Å². The molecule has 2 aliphatic rings. The SMILES string of the molecule is CC(=O)NC1C(O)[C@H](O)C(CO)O[C@@H]1COP(=O)([O-])OP(=O)([O-])OC[C@H]1O[C@@H](n2ccc(=O)[nH]c2=O)C(O)C1O. The quantitative estimate of drug-likeness (QED) is 0.113. The molecular formula is C18H27N3O17P2-2. The molecule has 1 aromatic rings. The van der Waals surface area contributed by atoms with E-state index >= 15 is 0 Å². The van der Waals surface area contributed by atoms with Crippen molar-refractivity contribution < 1.29 is 72.1 Å². The van der Waals surface area contributed by atoms with E-state index in [1.807, 2.05) is 4.98 Å². The van der Waals surface area contributed by atoms with E-state index in [9.17, 15) is 58.8 Å². The van der Waals surface area contributed by atoms with E-state index < -0.39 is 108 Å². The van der Waals surface area contributed by atoms with E-state index in [2.05, 4.69) is 18.7 Å². The molecule has 0 aliphatic carbocycles. The fourth-order valence-electron chi connectivity index (χ4n) is 3.97. The first-order valence-corrected chi connectivity index (χ1v) is 14.3. The number of rotatable bonds is 11. The third-order valence-electron chi connectivity index (χ3n) is 5.86. The van der Waals surface area contributed by atoms with Crippen LogP contribution in [0.4, 0.5) is 0 Å². The number of aromatic nitrogens is 2. The highest BCUT2D eigenvalue weighted by molar-refractivity contribution is 7.59. The Morgan fingerprint density at radius 3 is 2.12 bits per heavy atom. The largest absolute Gasteiger partial charge is 0.756 e. The first-order valence-electron chi connectivity index (χ1n) is 11.4. The molecule has 2 fully saturated rings. The first kappa shape index (κ1) is 32.6. The summed E-state index contributed by atoms with van der Waals surface area (Å²) in [4.78, 5) is 60.8. The number of hydrogen-bond acceptors (Lipinski definition) is 17. The van der Waals surface area contributed by atoms with Crippen LogP contribution < -0.4 is 26.4 Å². The minimum Gasteiger partial charge on any atom is -0.756 e. The van der Waals surface area contributed by atoms with Gasteiger partial charge < -0.3 is 59.2 Å². The average Bonchev–Trinajstić information content (AvgIpc) is 3.13. The van der Waals surface area contributed by atoms with Gasteiger partial charge in [-0.05, 0) is 0 Å². The van der Waals surface area contributed by atoms with Crippen molar-refractivity contribution in [2.24, 2.45) is 0 Å². The van der Waals surface area contributed by atoms with Crippen LogP contribution in [-0.4, -0.2) is 110 Å². The fraction of sp³-hybridized carbons (Fsp3) is 0.722. The molecule has 0 radical (unpaired) electrons. The summed E-state index contributed by atoms with van der Waals surface area (Å²) < 4.78 is 48.4. The summed E-state index contributed by atoms with van der Waals surface area (Å²) in [7, 11) is -11.5. The van der Waals surface area contributed by atoms with Crippen molar-refractivity contribution in [2.75, 3.05) is 19.8 Å². The van der Waals surface area contributed by atoms with Crippen LogP contribution >= 0.6 is 15.6 Å². The number of carbonyl (C=O) groups excluding carboxylic acids is 1. The van der Waals surface area contributed by atoms with E-state index in [0.717, 1.165) is 19.2 Å². The maximum atomic E-state index is 12.2. The second-order valence-corrected chi connectivity index (χ2v) is 11.7. The minimum atomic E-state index is -5.75. The second-order valence-electron chi connectivity index (χ2n) is 8.73. The van der Waals surface area contributed by atoms with Crippen LogP contribution in [0.2, 0.25) is 0 Å². The van der Waals surface area contributed by atoms with Crippen molar-refractivity contribution in [3.05, 3.63) is 33.1 Å². The van der Waals surface area contributed by atoms with Gasteiger partial charge in [-0.3, -0.25) is 28.3 Å². The molecule has 1 amide bonds. The number of nitrogens with zero attached hydrogens (tertiary/aromatic N) is 1. The van der Waals surface area contributed by atoms with Crippen LogP contribution in [0.1, 0.15) is 13.2 Å². The third kappa shape index (κ3) is 7.90. The average molecular weight is 619 g/mol. The highest BCUT2D eigenvalue weighted by Gasteiger charge is 2.46. The van der Waals surface area contributed by atoms with E-state index in [4.69, 9.17) is 9.47 Å². The van der Waals surface area contributed by atoms with Gasteiger partial charge in [-0.15, -0.1) is 0 Å². The second kappa shape index (κ2) is 13.0. The molecule has 0 aromatic carbocycles. The Bertz CT molecular complexity index is 1260. The van der Waals surface area contributed by atoms with Crippen molar-refractivity contribution in [2.45, 2.75) is 61.9 Å². The van der Waals surface area contributed by atoms with Crippen molar-refractivity contribution in [1.82, 2.24) is 14.9 Å². The lowest BCUT2D eigenvalue weighted by molar-refractivity contribution is -0.250. The number of amides is 1. The predicted molar refractivity (Wildman–Crippen MR) is 121 cm³/mol. The standard InChI is InChI=1S/C18H29N3O17P2/c1-7(23)19-12-9(36-8(4-22)13(25)15(12)27)5-34-39(30,31)38-40(32,33)35-6-10-14(26)16(28)17(37-10)21-3-2-11(24)20-18(21)29/h2-3,8-10,12-17,22,25-28H,4-6H2,1H3,(H,19,23)(H,30,31)(H,32,33)(H,20,24,29)/p-2/t8?,9-,10-,12?,13-,14?,15?,16?,17-/m1/s1. The Kier molecular flexibility index (Phi) is 10.6. The number of aliphatic hydroxyl groups is 5. The van der Waals surface area contributed by atoms with E-state index in [1.54, 1.807) is 0 Å². The normalized spacial score (nSPS) is 35.5. The lowest BCUT2D eigenvalue weighted by Gasteiger charge is -2.43. The number of aliphatic hydroxyl groups excluding tert-OH is 5. The molecule has 3 heterocycles. The number of phosphoric acid groups is 2. The Balaban J connectivity index is 1.60. The molecule has 20 nitrogen and oxygen atoms in total. The Morgan fingerprint density at radius 2 is 1.57 bits per heavy atom. The van der Waals surface area contributed by atoms with Gasteiger partial charge in [-0.25, -0.2) is 9.11 Å². The molecule has 2 saturated heterocycles. The number of hydrogen-bond donors (Lipinski definition) is 7. The maximum Gasteiger partial charge on any atom is 0.330 e. The smallest absolute Gasteiger partial charge is 0.330 e. The summed E-state index contributed by atoms with van der Waals surface area (Å²) in [6.45, 7) is -1.89. The Hall–Kier alpha value is -1.87. The van der Waals surface area contributed by atoms with Gasteiger partial charge in [0.05, 0.1) is 25.9 Å². The topological polar surface area (TPSA) is 312 Å². The summed E-state index contributed by atoms with van der Waals surface area (Å²) in [5.41, 5.74) is -1.77. The van der Waals surface area contributed by atoms with Crippen LogP contribution in [0.25, 0.3) is 0 Å². The lowest BCUT2D eigenvalue weighted by Crippen LogP contribution is -2.64. The maximum absolute atomic E-state index is 12.2. The van der Waals surface area contributed by atoms with E-state index in [0.29, 0.717) is 4.57 Å². The van der Waals surface area contributed by atoms with Gasteiger partial charge in [-0.1, -0.05) is 0 Å².